The van der Waals surface area contributed by atoms with E-state index in [1.807, 2.05) is 18.9 Å². The van der Waals surface area contributed by atoms with Crippen molar-refractivity contribution in [1.82, 2.24) is 10.2 Å². The summed E-state index contributed by atoms with van der Waals surface area (Å²) >= 11 is 0. The van der Waals surface area contributed by atoms with Crippen LogP contribution in [0.4, 0.5) is 9.59 Å². The molecule has 1 unspecified atom stereocenters. The van der Waals surface area contributed by atoms with E-state index in [-0.39, 0.29) is 6.03 Å². The molecular formula is C24H39N3O4. The van der Waals surface area contributed by atoms with Crippen LogP contribution < -0.4 is 11.1 Å². The molecule has 1 saturated heterocycles. The molecule has 2 fully saturated rings. The molecule has 7 heteroatoms. The lowest BCUT2D eigenvalue weighted by Crippen LogP contribution is -2.45. The van der Waals surface area contributed by atoms with Crippen molar-refractivity contribution in [1.29, 1.82) is 0 Å². The van der Waals surface area contributed by atoms with Crippen molar-refractivity contribution in [3.05, 3.63) is 35.9 Å². The highest BCUT2D eigenvalue weighted by molar-refractivity contribution is 5.74. The number of carbonyl (C=O) groups is 2. The topological polar surface area (TPSA) is 93.9 Å². The van der Waals surface area contributed by atoms with Gasteiger partial charge in [-0.3, -0.25) is 0 Å². The van der Waals surface area contributed by atoms with Crippen LogP contribution in [0.1, 0.15) is 63.4 Å². The van der Waals surface area contributed by atoms with Crippen LogP contribution in [0, 0.1) is 5.92 Å². The molecule has 1 aromatic rings. The van der Waals surface area contributed by atoms with Crippen molar-refractivity contribution >= 4 is 12.1 Å². The van der Waals surface area contributed by atoms with E-state index in [2.05, 4.69) is 35.6 Å². The summed E-state index contributed by atoms with van der Waals surface area (Å²) in [5.41, 5.74) is 6.39. The highest BCUT2D eigenvalue weighted by Crippen LogP contribution is 2.33. The normalized spacial score (nSPS) is 23.3. The lowest BCUT2D eigenvalue weighted by Gasteiger charge is -2.32. The van der Waals surface area contributed by atoms with Crippen LogP contribution in [0.3, 0.4) is 0 Å². The molecule has 1 aromatic carbocycles. The number of carbonyl (C=O) groups excluding carboxylic acids is 2. The van der Waals surface area contributed by atoms with E-state index in [0.29, 0.717) is 25.2 Å². The molecule has 3 rings (SSSR count). The molecule has 0 aromatic heterocycles. The summed E-state index contributed by atoms with van der Waals surface area (Å²) in [7, 11) is 1.83. The number of nitrogens with two attached hydrogens (primary N) is 1. The van der Waals surface area contributed by atoms with Gasteiger partial charge in [0, 0.05) is 26.7 Å². The minimum absolute atomic E-state index is 0.00646. The highest BCUT2D eigenvalue weighted by atomic mass is 16.5. The zero-order valence-corrected chi connectivity index (χ0v) is 19.1. The van der Waals surface area contributed by atoms with E-state index >= 15 is 0 Å². The molecule has 1 aliphatic heterocycles. The summed E-state index contributed by atoms with van der Waals surface area (Å²) in [6.07, 6.45) is 7.60. The number of rotatable bonds is 6. The molecule has 3 N–H and O–H groups in total. The van der Waals surface area contributed by atoms with E-state index in [1.54, 1.807) is 0 Å². The van der Waals surface area contributed by atoms with Crippen molar-refractivity contribution in [2.75, 3.05) is 33.4 Å². The van der Waals surface area contributed by atoms with Gasteiger partial charge in [0.1, 0.15) is 0 Å². The minimum Gasteiger partial charge on any atom is -0.450 e. The highest BCUT2D eigenvalue weighted by Gasteiger charge is 2.23. The predicted octanol–water partition coefficient (Wildman–Crippen LogP) is 4.27. The fourth-order valence-corrected chi connectivity index (χ4v) is 4.43. The Balaban J connectivity index is 0.000000224. The zero-order valence-electron chi connectivity index (χ0n) is 19.1. The maximum Gasteiger partial charge on any atom is 0.404 e. The second-order valence-electron chi connectivity index (χ2n) is 8.37. The van der Waals surface area contributed by atoms with E-state index < -0.39 is 6.09 Å². The van der Waals surface area contributed by atoms with Crippen LogP contribution in [-0.4, -0.2) is 56.5 Å². The first kappa shape index (κ1) is 25.0. The molecule has 2 aliphatic rings. The smallest absolute Gasteiger partial charge is 0.404 e. The molecule has 3 amide bonds. The molecule has 1 heterocycles. The van der Waals surface area contributed by atoms with Gasteiger partial charge in [0.05, 0.1) is 12.7 Å². The third kappa shape index (κ3) is 9.17. The van der Waals surface area contributed by atoms with Crippen molar-refractivity contribution in [3.8, 4) is 0 Å². The van der Waals surface area contributed by atoms with E-state index in [1.165, 1.54) is 31.2 Å². The molecule has 0 radical (unpaired) electrons. The Hall–Kier alpha value is -2.28. The molecule has 1 aliphatic carbocycles. The molecular weight excluding hydrogens is 394 g/mol. The Kier molecular flexibility index (Phi) is 11.2. The predicted molar refractivity (Wildman–Crippen MR) is 122 cm³/mol. The van der Waals surface area contributed by atoms with Gasteiger partial charge in [-0.25, -0.2) is 9.59 Å². The summed E-state index contributed by atoms with van der Waals surface area (Å²) in [5.74, 6) is 1.16. The Bertz CT molecular complexity index is 647. The van der Waals surface area contributed by atoms with Gasteiger partial charge in [0.2, 0.25) is 0 Å². The number of ether oxygens (including phenoxy) is 2. The lowest BCUT2D eigenvalue weighted by atomic mass is 9.83. The molecule has 174 valence electrons. The first-order valence-corrected chi connectivity index (χ1v) is 11.6. The maximum absolute atomic E-state index is 11.6. The quantitative estimate of drug-likeness (QED) is 0.700. The van der Waals surface area contributed by atoms with Crippen LogP contribution in [-0.2, 0) is 9.47 Å². The van der Waals surface area contributed by atoms with Crippen LogP contribution in [0.2, 0.25) is 0 Å². The Morgan fingerprint density at radius 3 is 2.45 bits per heavy atom. The van der Waals surface area contributed by atoms with Gasteiger partial charge in [0.15, 0.2) is 0 Å². The number of hydrogen-bond acceptors (Lipinski definition) is 4. The molecule has 0 spiro atoms. The van der Waals surface area contributed by atoms with Crippen molar-refractivity contribution in [3.63, 3.8) is 0 Å². The number of piperidine rings is 1. The summed E-state index contributed by atoms with van der Waals surface area (Å²) in [6.45, 7) is 4.42. The number of urea groups is 1. The minimum atomic E-state index is -0.735. The van der Waals surface area contributed by atoms with E-state index in [4.69, 9.17) is 15.2 Å². The SMILES string of the molecule is CCNC(=O)N1CCCC(CCOC(N)=O)C1.COC1CCC(c2ccccc2)CC1. The van der Waals surface area contributed by atoms with Crippen molar-refractivity contribution in [2.24, 2.45) is 11.7 Å². The Labute approximate surface area is 186 Å². The molecule has 1 saturated carbocycles. The largest absolute Gasteiger partial charge is 0.450 e. The number of nitrogens with zero attached hydrogens (tertiary/aromatic N) is 1. The van der Waals surface area contributed by atoms with Crippen LogP contribution in [0.15, 0.2) is 30.3 Å². The number of methoxy groups -OCH3 is 1. The van der Waals surface area contributed by atoms with Gasteiger partial charge in [0.25, 0.3) is 0 Å². The van der Waals surface area contributed by atoms with Gasteiger partial charge in [-0.1, -0.05) is 30.3 Å². The average molecular weight is 434 g/mol. The Morgan fingerprint density at radius 1 is 1.13 bits per heavy atom. The van der Waals surface area contributed by atoms with Gasteiger partial charge in [-0.2, -0.15) is 0 Å². The van der Waals surface area contributed by atoms with Gasteiger partial charge >= 0.3 is 12.1 Å². The zero-order chi connectivity index (χ0) is 22.5. The molecule has 0 bridgehead atoms. The summed E-state index contributed by atoms with van der Waals surface area (Å²) in [6, 6.07) is 10.9. The monoisotopic (exact) mass is 433 g/mol. The lowest BCUT2D eigenvalue weighted by molar-refractivity contribution is 0.0659. The Morgan fingerprint density at radius 2 is 1.84 bits per heavy atom. The van der Waals surface area contributed by atoms with Crippen molar-refractivity contribution < 1.29 is 19.1 Å². The number of hydrogen-bond donors (Lipinski definition) is 2. The van der Waals surface area contributed by atoms with Gasteiger partial charge < -0.3 is 25.4 Å². The third-order valence-corrected chi connectivity index (χ3v) is 6.18. The summed E-state index contributed by atoms with van der Waals surface area (Å²) in [5, 5.41) is 2.79. The molecule has 1 atom stereocenters. The number of likely N-dealkylation sites (tertiary alicyclic amines) is 1. The fourth-order valence-electron chi connectivity index (χ4n) is 4.43. The fraction of sp³-hybridized carbons (Fsp3) is 0.667. The number of primary amides is 1. The third-order valence-electron chi connectivity index (χ3n) is 6.18. The van der Waals surface area contributed by atoms with Crippen LogP contribution >= 0.6 is 0 Å². The summed E-state index contributed by atoms with van der Waals surface area (Å²) in [4.78, 5) is 23.9. The van der Waals surface area contributed by atoms with E-state index in [9.17, 15) is 9.59 Å². The molecule has 7 nitrogen and oxygen atoms in total. The van der Waals surface area contributed by atoms with E-state index in [0.717, 1.165) is 38.3 Å². The first-order chi connectivity index (χ1) is 15.0. The van der Waals surface area contributed by atoms with Gasteiger partial charge in [-0.15, -0.1) is 0 Å². The van der Waals surface area contributed by atoms with Gasteiger partial charge in [-0.05, 0) is 69.3 Å². The average Bonchev–Trinajstić information content (AvgIpc) is 2.80. The molecule has 31 heavy (non-hydrogen) atoms. The second-order valence-corrected chi connectivity index (χ2v) is 8.37. The number of nitrogens with one attached hydrogen (secondary N) is 1. The standard InChI is InChI=1S/C13H18O.C11H21N3O3/c1-14-13-9-7-12(8-10-13)11-5-3-2-4-6-11;1-2-13-11(16)14-6-3-4-9(8-14)5-7-17-10(12)15/h2-6,12-13H,7-10H2,1H3;9H,2-8H2,1H3,(H2,12,15)(H,13,16). The maximum atomic E-state index is 11.6. The van der Waals surface area contributed by atoms with Crippen LogP contribution in [0.5, 0.6) is 0 Å². The number of benzene rings is 1. The van der Waals surface area contributed by atoms with Crippen molar-refractivity contribution in [2.45, 2.75) is 63.9 Å². The second kappa shape index (κ2) is 13.9. The first-order valence-electron chi connectivity index (χ1n) is 11.6. The van der Waals surface area contributed by atoms with Crippen LogP contribution in [0.25, 0.3) is 0 Å². The summed E-state index contributed by atoms with van der Waals surface area (Å²) < 4.78 is 10.1. The number of amides is 3.